The van der Waals surface area contributed by atoms with Gasteiger partial charge in [0.05, 0.1) is 19.9 Å². The summed E-state index contributed by atoms with van der Waals surface area (Å²) >= 11 is 0. The molecule has 1 heterocycles. The van der Waals surface area contributed by atoms with Crippen molar-refractivity contribution >= 4 is 36.6 Å². The molecule has 0 radical (unpaired) electrons. The number of rotatable bonds is 2. The maximum Gasteiger partial charge on any atom is 0.241 e. The van der Waals surface area contributed by atoms with E-state index in [4.69, 9.17) is 10.7 Å². The molecule has 0 saturated carbocycles. The van der Waals surface area contributed by atoms with Crippen molar-refractivity contribution < 1.29 is 0 Å². The van der Waals surface area contributed by atoms with Crippen molar-refractivity contribution in [2.45, 2.75) is 13.8 Å². The molecule has 1 aliphatic rings. The second kappa shape index (κ2) is 4.33. The van der Waals surface area contributed by atoms with Crippen LogP contribution in [-0.2, 0) is 8.94 Å². The molecular weight excluding hydrogens is 202 g/mol. The van der Waals surface area contributed by atoms with Crippen LogP contribution in [0.5, 0.6) is 0 Å². The monoisotopic (exact) mass is 211 g/mol. The molecule has 1 aliphatic heterocycles. The minimum absolute atomic E-state index is 0.458. The normalized spacial score (nSPS) is 22.8. The molecule has 1 atom stereocenters. The van der Waals surface area contributed by atoms with Crippen LogP contribution in [0.1, 0.15) is 13.8 Å². The predicted molar refractivity (Wildman–Crippen MR) is 53.6 cm³/mol. The summed E-state index contributed by atoms with van der Waals surface area (Å²) in [6.07, 6.45) is 0. The van der Waals surface area contributed by atoms with Gasteiger partial charge in [0, 0.05) is 13.1 Å². The van der Waals surface area contributed by atoms with Gasteiger partial charge in [0.25, 0.3) is 0 Å². The standard InChI is InChI=1S/C5H10ClN3S2/c1-3-9(4-2)5-7-10-11(6)8-5/h3-4H2,1-2H3. The predicted octanol–water partition coefficient (Wildman–Crippen LogP) is 2.22. The van der Waals surface area contributed by atoms with Crippen LogP contribution in [0.15, 0.2) is 8.76 Å². The highest BCUT2D eigenvalue weighted by Gasteiger charge is 2.12. The Bertz CT molecular complexity index is 200. The summed E-state index contributed by atoms with van der Waals surface area (Å²) in [5.41, 5.74) is 0. The number of hydrogen-bond acceptors (Lipinski definition) is 4. The van der Waals surface area contributed by atoms with Gasteiger partial charge in [-0.05, 0) is 24.5 Å². The van der Waals surface area contributed by atoms with E-state index in [0.29, 0.717) is 0 Å². The maximum absolute atomic E-state index is 5.75. The first kappa shape index (κ1) is 9.35. The van der Waals surface area contributed by atoms with Gasteiger partial charge in [0.15, 0.2) is 0 Å². The molecule has 64 valence electrons. The van der Waals surface area contributed by atoms with Crippen LogP contribution in [0.25, 0.3) is 0 Å². The van der Waals surface area contributed by atoms with Crippen LogP contribution in [-0.4, -0.2) is 23.9 Å². The van der Waals surface area contributed by atoms with Crippen LogP contribution in [0.4, 0.5) is 0 Å². The molecule has 0 aromatic heterocycles. The van der Waals surface area contributed by atoms with Gasteiger partial charge < -0.3 is 4.90 Å². The number of guanidine groups is 1. The zero-order valence-electron chi connectivity index (χ0n) is 6.45. The molecule has 0 N–H and O–H groups in total. The topological polar surface area (TPSA) is 28.0 Å². The second-order valence-corrected chi connectivity index (χ2v) is 5.68. The van der Waals surface area contributed by atoms with E-state index in [0.717, 1.165) is 19.0 Å². The van der Waals surface area contributed by atoms with E-state index in [1.54, 1.807) is 0 Å². The number of halogens is 1. The van der Waals surface area contributed by atoms with Crippen LogP contribution < -0.4 is 0 Å². The van der Waals surface area contributed by atoms with Gasteiger partial charge in [-0.2, -0.15) is 8.76 Å². The Morgan fingerprint density at radius 1 is 1.55 bits per heavy atom. The molecular formula is C5H10ClN3S2. The van der Waals surface area contributed by atoms with E-state index in [9.17, 15) is 0 Å². The summed E-state index contributed by atoms with van der Waals surface area (Å²) in [5.74, 6) is 0.790. The van der Waals surface area contributed by atoms with Crippen molar-refractivity contribution in [3.8, 4) is 0 Å². The lowest BCUT2D eigenvalue weighted by Crippen LogP contribution is -2.27. The summed E-state index contributed by atoms with van der Waals surface area (Å²) in [7, 11) is 6.63. The van der Waals surface area contributed by atoms with Crippen molar-refractivity contribution in [2.24, 2.45) is 8.76 Å². The van der Waals surface area contributed by atoms with E-state index in [2.05, 4.69) is 27.5 Å². The molecule has 1 rings (SSSR count). The third kappa shape index (κ3) is 2.35. The van der Waals surface area contributed by atoms with Crippen molar-refractivity contribution in [1.82, 2.24) is 4.90 Å². The Labute approximate surface area is 77.3 Å². The molecule has 0 aromatic rings. The van der Waals surface area contributed by atoms with E-state index in [-0.39, 0.29) is 0 Å². The first-order chi connectivity index (χ1) is 5.27. The van der Waals surface area contributed by atoms with E-state index in [1.807, 2.05) is 0 Å². The molecule has 0 fully saturated rings. The lowest BCUT2D eigenvalue weighted by atomic mass is 10.5. The lowest BCUT2D eigenvalue weighted by Gasteiger charge is -2.16. The fraction of sp³-hybridized carbons (Fsp3) is 0.800. The minimum atomic E-state index is -0.458. The summed E-state index contributed by atoms with van der Waals surface area (Å²) in [5, 5.41) is 0. The number of hydrogen-bond donors (Lipinski definition) is 0. The molecule has 0 saturated heterocycles. The van der Waals surface area contributed by atoms with Crippen LogP contribution in [0.3, 0.4) is 0 Å². The quantitative estimate of drug-likeness (QED) is 0.518. The van der Waals surface area contributed by atoms with Gasteiger partial charge in [-0.3, -0.25) is 0 Å². The third-order valence-electron chi connectivity index (χ3n) is 1.38. The largest absolute Gasteiger partial charge is 0.340 e. The summed E-state index contributed by atoms with van der Waals surface area (Å²) in [6.45, 7) is 6.04. The Kier molecular flexibility index (Phi) is 3.68. The minimum Gasteiger partial charge on any atom is -0.340 e. The molecule has 0 bridgehead atoms. The van der Waals surface area contributed by atoms with Crippen molar-refractivity contribution in [2.75, 3.05) is 13.1 Å². The fourth-order valence-electron chi connectivity index (χ4n) is 0.784. The maximum atomic E-state index is 5.75. The van der Waals surface area contributed by atoms with Crippen molar-refractivity contribution in [3.63, 3.8) is 0 Å². The van der Waals surface area contributed by atoms with Gasteiger partial charge in [-0.15, -0.1) is 0 Å². The molecule has 0 aliphatic carbocycles. The first-order valence-corrected chi connectivity index (χ1v) is 6.70. The number of nitrogens with zero attached hydrogens (tertiary/aromatic N) is 3. The van der Waals surface area contributed by atoms with Gasteiger partial charge in [0.1, 0.15) is 0 Å². The third-order valence-corrected chi connectivity index (χ3v) is 3.58. The summed E-state index contributed by atoms with van der Waals surface area (Å²) < 4.78 is 8.29. The second-order valence-electron chi connectivity index (χ2n) is 1.94. The van der Waals surface area contributed by atoms with E-state index >= 15 is 0 Å². The Morgan fingerprint density at radius 2 is 2.18 bits per heavy atom. The van der Waals surface area contributed by atoms with Crippen LogP contribution >= 0.6 is 21.7 Å². The zero-order valence-corrected chi connectivity index (χ0v) is 8.84. The Hall–Kier alpha value is 0.260. The molecule has 1 unspecified atom stereocenters. The van der Waals surface area contributed by atoms with Crippen molar-refractivity contribution in [3.05, 3.63) is 0 Å². The summed E-state index contributed by atoms with van der Waals surface area (Å²) in [4.78, 5) is 2.09. The SMILES string of the molecule is CCN(CC)C1=NSS(Cl)=N1. The molecule has 3 nitrogen and oxygen atoms in total. The average molecular weight is 212 g/mol. The van der Waals surface area contributed by atoms with E-state index < -0.39 is 8.94 Å². The molecule has 0 amide bonds. The smallest absolute Gasteiger partial charge is 0.241 e. The highest BCUT2D eigenvalue weighted by molar-refractivity contribution is 8.78. The van der Waals surface area contributed by atoms with Crippen LogP contribution in [0, 0.1) is 0 Å². The molecule has 0 spiro atoms. The van der Waals surface area contributed by atoms with Gasteiger partial charge in [0.2, 0.25) is 5.96 Å². The fourth-order valence-corrected chi connectivity index (χ4v) is 2.56. The van der Waals surface area contributed by atoms with Gasteiger partial charge in [-0.1, -0.05) is 0 Å². The zero-order chi connectivity index (χ0) is 8.27. The highest BCUT2D eigenvalue weighted by Crippen LogP contribution is 2.24. The van der Waals surface area contributed by atoms with Gasteiger partial charge >= 0.3 is 0 Å². The molecule has 11 heavy (non-hydrogen) atoms. The van der Waals surface area contributed by atoms with E-state index in [1.165, 1.54) is 11.0 Å². The summed E-state index contributed by atoms with van der Waals surface area (Å²) in [6, 6.07) is 0. The lowest BCUT2D eigenvalue weighted by molar-refractivity contribution is 0.463. The Morgan fingerprint density at radius 3 is 2.55 bits per heavy atom. The average Bonchev–Trinajstić information content (AvgIpc) is 2.39. The van der Waals surface area contributed by atoms with Crippen molar-refractivity contribution in [1.29, 1.82) is 0 Å². The molecule has 6 heteroatoms. The Balaban J connectivity index is 2.60. The molecule has 0 aromatic carbocycles. The first-order valence-electron chi connectivity index (χ1n) is 3.40. The van der Waals surface area contributed by atoms with Gasteiger partial charge in [-0.25, -0.2) is 0 Å². The highest BCUT2D eigenvalue weighted by atomic mass is 35.7. The van der Waals surface area contributed by atoms with Crippen LogP contribution in [0.2, 0.25) is 0 Å².